The predicted octanol–water partition coefficient (Wildman–Crippen LogP) is 5.61. The topological polar surface area (TPSA) is 56.6 Å². The van der Waals surface area contributed by atoms with Crippen molar-refractivity contribution in [1.82, 2.24) is 14.7 Å². The van der Waals surface area contributed by atoms with Gasteiger partial charge in [0.05, 0.1) is 24.6 Å². The number of aromatic nitrogens is 2. The summed E-state index contributed by atoms with van der Waals surface area (Å²) in [5.74, 6) is 1.35. The van der Waals surface area contributed by atoms with Crippen LogP contribution < -0.4 is 9.47 Å². The van der Waals surface area contributed by atoms with Gasteiger partial charge >= 0.3 is 0 Å². The van der Waals surface area contributed by atoms with Gasteiger partial charge in [0, 0.05) is 23.7 Å². The number of hydrogen-bond acceptors (Lipinski definition) is 4. The molecule has 3 aromatic rings. The molecule has 6 nitrogen and oxygen atoms in total. The summed E-state index contributed by atoms with van der Waals surface area (Å²) in [5.41, 5.74) is 6.43. The zero-order valence-electron chi connectivity index (χ0n) is 21.5. The Bertz CT molecular complexity index is 1220. The van der Waals surface area contributed by atoms with Gasteiger partial charge in [-0.25, -0.2) is 4.68 Å². The Hall–Kier alpha value is -3.28. The van der Waals surface area contributed by atoms with Gasteiger partial charge in [-0.2, -0.15) is 5.10 Å². The van der Waals surface area contributed by atoms with Crippen molar-refractivity contribution in [2.24, 2.45) is 0 Å². The maximum Gasteiger partial charge on any atom is 0.274 e. The molecule has 1 aromatic heterocycles. The lowest BCUT2D eigenvalue weighted by Crippen LogP contribution is -2.43. The van der Waals surface area contributed by atoms with Crippen LogP contribution in [0.2, 0.25) is 0 Å². The minimum absolute atomic E-state index is 0.00888. The van der Waals surface area contributed by atoms with Gasteiger partial charge in [0.2, 0.25) is 0 Å². The molecule has 1 aliphatic carbocycles. The van der Waals surface area contributed by atoms with Crippen LogP contribution in [0.3, 0.4) is 0 Å². The van der Waals surface area contributed by atoms with Crippen molar-refractivity contribution in [3.63, 3.8) is 0 Å². The number of ether oxygens (including phenoxy) is 2. The van der Waals surface area contributed by atoms with E-state index in [-0.39, 0.29) is 17.6 Å². The summed E-state index contributed by atoms with van der Waals surface area (Å²) in [4.78, 5) is 15.4. The number of methoxy groups -OCH3 is 1. The molecule has 0 saturated heterocycles. The minimum Gasteiger partial charge on any atom is -0.493 e. The lowest BCUT2D eigenvalue weighted by molar-refractivity contribution is 0.0648. The summed E-state index contributed by atoms with van der Waals surface area (Å²) < 4.78 is 13.6. The number of amides is 1. The highest BCUT2D eigenvalue weighted by molar-refractivity contribution is 5.97. The Labute approximate surface area is 202 Å². The van der Waals surface area contributed by atoms with Crippen LogP contribution in [0.25, 0.3) is 16.9 Å². The Morgan fingerprint density at radius 3 is 2.35 bits per heavy atom. The smallest absolute Gasteiger partial charge is 0.274 e. The number of aryl methyl sites for hydroxylation is 2. The standard InChI is InChI=1S/C28H35N3O3/c1-17(2)34-24-16-22-19(15-23(24)33-8)11-14-21-25(27(32)30(7)28(4,5)6)29-31(26(21)22)20-12-9-18(3)10-13-20/h9-10,12-13,15-17H,11,14H2,1-8H3. The van der Waals surface area contributed by atoms with E-state index >= 15 is 0 Å². The maximum absolute atomic E-state index is 13.6. The molecule has 1 heterocycles. The number of hydrogen-bond donors (Lipinski definition) is 0. The Morgan fingerprint density at radius 2 is 1.76 bits per heavy atom. The number of rotatable bonds is 5. The second-order valence-corrected chi connectivity index (χ2v) is 10.3. The van der Waals surface area contributed by atoms with Crippen molar-refractivity contribution < 1.29 is 14.3 Å². The first-order valence-electron chi connectivity index (χ1n) is 11.9. The minimum atomic E-state index is -0.310. The Morgan fingerprint density at radius 1 is 1.09 bits per heavy atom. The summed E-state index contributed by atoms with van der Waals surface area (Å²) in [7, 11) is 3.51. The summed E-state index contributed by atoms with van der Waals surface area (Å²) >= 11 is 0. The molecule has 0 atom stereocenters. The molecular weight excluding hydrogens is 426 g/mol. The van der Waals surface area contributed by atoms with Crippen LogP contribution in [0.1, 0.15) is 61.8 Å². The van der Waals surface area contributed by atoms with E-state index in [0.29, 0.717) is 11.4 Å². The number of benzene rings is 2. The Balaban J connectivity index is 1.96. The van der Waals surface area contributed by atoms with E-state index in [2.05, 4.69) is 25.1 Å². The largest absolute Gasteiger partial charge is 0.493 e. The highest BCUT2D eigenvalue weighted by atomic mass is 16.5. The first kappa shape index (κ1) is 23.9. The van der Waals surface area contributed by atoms with Crippen molar-refractivity contribution >= 4 is 5.91 Å². The van der Waals surface area contributed by atoms with Gasteiger partial charge in [0.15, 0.2) is 17.2 Å². The first-order chi connectivity index (χ1) is 16.0. The van der Waals surface area contributed by atoms with E-state index in [9.17, 15) is 4.79 Å². The molecule has 2 aromatic carbocycles. The van der Waals surface area contributed by atoms with Gasteiger partial charge in [-0.3, -0.25) is 4.79 Å². The first-order valence-corrected chi connectivity index (χ1v) is 11.9. The van der Waals surface area contributed by atoms with E-state index in [1.807, 2.05) is 64.5 Å². The SMILES string of the molecule is COc1cc2c(cc1OC(C)C)-c1c(c(C(=O)N(C)C(C)(C)C)nn1-c1ccc(C)cc1)CC2. The van der Waals surface area contributed by atoms with Gasteiger partial charge in [0.1, 0.15) is 0 Å². The number of nitrogens with zero attached hydrogens (tertiary/aromatic N) is 3. The molecule has 0 bridgehead atoms. The summed E-state index contributed by atoms with van der Waals surface area (Å²) in [6.45, 7) is 12.2. The molecule has 180 valence electrons. The van der Waals surface area contributed by atoms with Crippen LogP contribution in [-0.4, -0.2) is 46.4 Å². The molecule has 34 heavy (non-hydrogen) atoms. The average molecular weight is 462 g/mol. The molecule has 0 saturated carbocycles. The quantitative estimate of drug-likeness (QED) is 0.495. The van der Waals surface area contributed by atoms with Crippen LogP contribution in [0.15, 0.2) is 36.4 Å². The zero-order chi connectivity index (χ0) is 24.8. The van der Waals surface area contributed by atoms with Crippen molar-refractivity contribution in [1.29, 1.82) is 0 Å². The van der Waals surface area contributed by atoms with E-state index in [4.69, 9.17) is 14.6 Å². The van der Waals surface area contributed by atoms with Gasteiger partial charge < -0.3 is 14.4 Å². The van der Waals surface area contributed by atoms with Crippen LogP contribution >= 0.6 is 0 Å². The van der Waals surface area contributed by atoms with Crippen molar-refractivity contribution in [2.45, 2.75) is 66.0 Å². The third-order valence-electron chi connectivity index (χ3n) is 6.43. The average Bonchev–Trinajstić information content (AvgIpc) is 3.17. The molecule has 0 unspecified atom stereocenters. The van der Waals surface area contributed by atoms with Gasteiger partial charge in [-0.05, 0) is 84.2 Å². The van der Waals surface area contributed by atoms with Crippen LogP contribution in [0.5, 0.6) is 11.5 Å². The lowest BCUT2D eigenvalue weighted by atomic mass is 9.88. The van der Waals surface area contributed by atoms with Crippen LogP contribution in [-0.2, 0) is 12.8 Å². The normalized spacial score (nSPS) is 12.9. The van der Waals surface area contributed by atoms with Crippen molar-refractivity contribution in [3.8, 4) is 28.4 Å². The molecule has 0 N–H and O–H groups in total. The van der Waals surface area contributed by atoms with Crippen molar-refractivity contribution in [2.75, 3.05) is 14.2 Å². The molecule has 4 rings (SSSR count). The van der Waals surface area contributed by atoms with Crippen LogP contribution in [0.4, 0.5) is 0 Å². The third kappa shape index (κ3) is 4.29. The van der Waals surface area contributed by atoms with Gasteiger partial charge in [-0.1, -0.05) is 17.7 Å². The third-order valence-corrected chi connectivity index (χ3v) is 6.43. The lowest BCUT2D eigenvalue weighted by Gasteiger charge is -2.31. The molecule has 0 fully saturated rings. The predicted molar refractivity (Wildman–Crippen MR) is 135 cm³/mol. The fraction of sp³-hybridized carbons (Fsp3) is 0.429. The molecule has 1 aliphatic rings. The second-order valence-electron chi connectivity index (χ2n) is 10.3. The summed E-state index contributed by atoms with van der Waals surface area (Å²) in [5, 5.41) is 4.91. The molecular formula is C28H35N3O3. The number of carbonyl (C=O) groups is 1. The van der Waals surface area contributed by atoms with Crippen LogP contribution in [0, 0.1) is 6.92 Å². The summed E-state index contributed by atoms with van der Waals surface area (Å²) in [6, 6.07) is 12.3. The van der Waals surface area contributed by atoms with E-state index in [1.54, 1.807) is 12.0 Å². The van der Waals surface area contributed by atoms with Gasteiger partial charge in [-0.15, -0.1) is 0 Å². The molecule has 0 radical (unpaired) electrons. The second kappa shape index (κ2) is 8.82. The molecule has 1 amide bonds. The number of carbonyl (C=O) groups excluding carboxylic acids is 1. The highest BCUT2D eigenvalue weighted by Crippen LogP contribution is 2.43. The van der Waals surface area contributed by atoms with E-state index in [1.165, 1.54) is 5.56 Å². The fourth-order valence-corrected chi connectivity index (χ4v) is 4.27. The highest BCUT2D eigenvalue weighted by Gasteiger charge is 2.33. The monoisotopic (exact) mass is 461 g/mol. The molecule has 6 heteroatoms. The van der Waals surface area contributed by atoms with E-state index in [0.717, 1.165) is 46.7 Å². The summed E-state index contributed by atoms with van der Waals surface area (Å²) in [6.07, 6.45) is 1.55. The fourth-order valence-electron chi connectivity index (χ4n) is 4.27. The number of fused-ring (bicyclic) bond motifs is 3. The van der Waals surface area contributed by atoms with Crippen molar-refractivity contribution in [3.05, 3.63) is 58.8 Å². The Kier molecular flexibility index (Phi) is 6.19. The molecule has 0 aliphatic heterocycles. The van der Waals surface area contributed by atoms with Gasteiger partial charge in [0.25, 0.3) is 5.91 Å². The maximum atomic E-state index is 13.6. The molecule has 0 spiro atoms. The zero-order valence-corrected chi connectivity index (χ0v) is 21.5. The van der Waals surface area contributed by atoms with E-state index < -0.39 is 0 Å².